The summed E-state index contributed by atoms with van der Waals surface area (Å²) < 4.78 is 0. The SMILES string of the molecule is CC(=O)N1CCN(C(=O)CCc2ccc(C(C)(C)C)cc2)CC1. The Bertz CT molecular complexity index is 550. The van der Waals surface area contributed by atoms with Gasteiger partial charge in [0.05, 0.1) is 0 Å². The minimum atomic E-state index is 0.0936. The summed E-state index contributed by atoms with van der Waals surface area (Å²) in [6, 6.07) is 8.57. The molecule has 1 aliphatic rings. The first kappa shape index (κ1) is 17.5. The van der Waals surface area contributed by atoms with Crippen LogP contribution in [-0.2, 0) is 21.4 Å². The van der Waals surface area contributed by atoms with Gasteiger partial charge in [-0.25, -0.2) is 0 Å². The zero-order chi connectivity index (χ0) is 17.0. The van der Waals surface area contributed by atoms with Crippen molar-refractivity contribution in [1.29, 1.82) is 0 Å². The van der Waals surface area contributed by atoms with Crippen molar-refractivity contribution in [2.24, 2.45) is 0 Å². The van der Waals surface area contributed by atoms with E-state index in [0.717, 1.165) is 6.42 Å². The van der Waals surface area contributed by atoms with Crippen LogP contribution < -0.4 is 0 Å². The molecule has 23 heavy (non-hydrogen) atoms. The third-order valence-electron chi connectivity index (χ3n) is 4.53. The van der Waals surface area contributed by atoms with Crippen LogP contribution in [0, 0.1) is 0 Å². The molecular formula is C19H28N2O2. The number of carbonyl (C=O) groups excluding carboxylic acids is 2. The second-order valence-electron chi connectivity index (χ2n) is 7.33. The molecule has 2 rings (SSSR count). The van der Waals surface area contributed by atoms with Crippen LogP contribution in [0.1, 0.15) is 45.2 Å². The van der Waals surface area contributed by atoms with Crippen molar-refractivity contribution in [3.05, 3.63) is 35.4 Å². The lowest BCUT2D eigenvalue weighted by atomic mass is 9.86. The molecule has 1 fully saturated rings. The van der Waals surface area contributed by atoms with E-state index >= 15 is 0 Å². The second-order valence-corrected chi connectivity index (χ2v) is 7.33. The minimum Gasteiger partial charge on any atom is -0.339 e. The lowest BCUT2D eigenvalue weighted by Crippen LogP contribution is -2.50. The first-order valence-electron chi connectivity index (χ1n) is 8.40. The average molecular weight is 316 g/mol. The molecule has 1 aliphatic heterocycles. The highest BCUT2D eigenvalue weighted by atomic mass is 16.2. The molecule has 126 valence electrons. The third kappa shape index (κ3) is 4.81. The molecule has 0 saturated carbocycles. The molecule has 0 spiro atoms. The fourth-order valence-corrected chi connectivity index (χ4v) is 2.85. The van der Waals surface area contributed by atoms with Gasteiger partial charge < -0.3 is 9.80 Å². The van der Waals surface area contributed by atoms with Crippen molar-refractivity contribution in [1.82, 2.24) is 9.80 Å². The van der Waals surface area contributed by atoms with Gasteiger partial charge in [-0.15, -0.1) is 0 Å². The molecule has 1 heterocycles. The van der Waals surface area contributed by atoms with Crippen molar-refractivity contribution >= 4 is 11.8 Å². The van der Waals surface area contributed by atoms with Gasteiger partial charge in [0.15, 0.2) is 0 Å². The molecule has 0 radical (unpaired) electrons. The fourth-order valence-electron chi connectivity index (χ4n) is 2.85. The smallest absolute Gasteiger partial charge is 0.223 e. The number of rotatable bonds is 3. The molecule has 4 heteroatoms. The van der Waals surface area contributed by atoms with Crippen molar-refractivity contribution in [2.75, 3.05) is 26.2 Å². The Morgan fingerprint density at radius 1 is 0.957 bits per heavy atom. The maximum Gasteiger partial charge on any atom is 0.223 e. The number of hydrogen-bond acceptors (Lipinski definition) is 2. The van der Waals surface area contributed by atoms with E-state index < -0.39 is 0 Å². The Kier molecular flexibility index (Phi) is 5.45. The number of hydrogen-bond donors (Lipinski definition) is 0. The molecule has 4 nitrogen and oxygen atoms in total. The summed E-state index contributed by atoms with van der Waals surface area (Å²) in [4.78, 5) is 27.3. The van der Waals surface area contributed by atoms with Crippen molar-refractivity contribution in [3.63, 3.8) is 0 Å². The second kappa shape index (κ2) is 7.16. The third-order valence-corrected chi connectivity index (χ3v) is 4.53. The van der Waals surface area contributed by atoms with Gasteiger partial charge in [-0.3, -0.25) is 9.59 Å². The molecule has 2 amide bonds. The maximum absolute atomic E-state index is 12.3. The zero-order valence-corrected chi connectivity index (χ0v) is 14.8. The standard InChI is InChI=1S/C19H28N2O2/c1-15(22)20-11-13-21(14-12-20)18(23)10-7-16-5-8-17(9-6-16)19(2,3)4/h5-6,8-9H,7,10-14H2,1-4H3. The molecule has 1 aromatic carbocycles. The van der Waals surface area contributed by atoms with E-state index in [1.807, 2.05) is 4.90 Å². The average Bonchev–Trinajstić information content (AvgIpc) is 2.52. The number of aryl methyl sites for hydroxylation is 1. The number of amides is 2. The Balaban J connectivity index is 1.82. The molecule has 1 saturated heterocycles. The summed E-state index contributed by atoms with van der Waals surface area (Å²) in [5, 5.41) is 0. The Morgan fingerprint density at radius 3 is 1.96 bits per heavy atom. The highest BCUT2D eigenvalue weighted by Gasteiger charge is 2.22. The molecule has 1 aromatic rings. The summed E-state index contributed by atoms with van der Waals surface area (Å²) >= 11 is 0. The van der Waals surface area contributed by atoms with Gasteiger partial charge in [-0.1, -0.05) is 45.0 Å². The monoisotopic (exact) mass is 316 g/mol. The van der Waals surface area contributed by atoms with Gasteiger partial charge in [0.2, 0.25) is 11.8 Å². The number of carbonyl (C=O) groups is 2. The van der Waals surface area contributed by atoms with Crippen LogP contribution in [0.4, 0.5) is 0 Å². The van der Waals surface area contributed by atoms with Crippen LogP contribution >= 0.6 is 0 Å². The Hall–Kier alpha value is -1.84. The van der Waals surface area contributed by atoms with Crippen LogP contribution in [0.3, 0.4) is 0 Å². The Labute approximate surface area is 139 Å². The zero-order valence-electron chi connectivity index (χ0n) is 14.8. The highest BCUT2D eigenvalue weighted by Crippen LogP contribution is 2.22. The van der Waals surface area contributed by atoms with Gasteiger partial charge in [0, 0.05) is 39.5 Å². The molecule has 0 unspecified atom stereocenters. The lowest BCUT2D eigenvalue weighted by Gasteiger charge is -2.34. The van der Waals surface area contributed by atoms with Gasteiger partial charge in [0.25, 0.3) is 0 Å². The van der Waals surface area contributed by atoms with Crippen LogP contribution in [0.2, 0.25) is 0 Å². The number of nitrogens with zero attached hydrogens (tertiary/aromatic N) is 2. The van der Waals surface area contributed by atoms with Gasteiger partial charge in [0.1, 0.15) is 0 Å². The van der Waals surface area contributed by atoms with E-state index in [-0.39, 0.29) is 17.2 Å². The first-order valence-corrected chi connectivity index (χ1v) is 8.40. The summed E-state index contributed by atoms with van der Waals surface area (Å²) in [6.07, 6.45) is 1.31. The summed E-state index contributed by atoms with van der Waals surface area (Å²) in [7, 11) is 0. The van der Waals surface area contributed by atoms with Gasteiger partial charge >= 0.3 is 0 Å². The fraction of sp³-hybridized carbons (Fsp3) is 0.579. The molecule has 0 N–H and O–H groups in total. The van der Waals surface area contributed by atoms with Crippen molar-refractivity contribution in [2.45, 2.75) is 46.0 Å². The maximum atomic E-state index is 12.3. The van der Waals surface area contributed by atoms with Gasteiger partial charge in [-0.2, -0.15) is 0 Å². The van der Waals surface area contributed by atoms with Crippen molar-refractivity contribution in [3.8, 4) is 0 Å². The number of piperazine rings is 1. The normalized spacial score (nSPS) is 15.7. The highest BCUT2D eigenvalue weighted by molar-refractivity contribution is 5.77. The molecular weight excluding hydrogens is 288 g/mol. The summed E-state index contributed by atoms with van der Waals surface area (Å²) in [6.45, 7) is 10.8. The topological polar surface area (TPSA) is 40.6 Å². The quantitative estimate of drug-likeness (QED) is 0.860. The summed E-state index contributed by atoms with van der Waals surface area (Å²) in [5.41, 5.74) is 2.67. The van der Waals surface area contributed by atoms with E-state index in [2.05, 4.69) is 45.0 Å². The Morgan fingerprint density at radius 2 is 1.48 bits per heavy atom. The number of benzene rings is 1. The van der Waals surface area contributed by atoms with Crippen LogP contribution in [0.5, 0.6) is 0 Å². The predicted octanol–water partition coefficient (Wildman–Crippen LogP) is 2.61. The molecule has 0 aliphatic carbocycles. The van der Waals surface area contributed by atoms with E-state index in [1.54, 1.807) is 11.8 Å². The lowest BCUT2D eigenvalue weighted by molar-refractivity contribution is -0.138. The van der Waals surface area contributed by atoms with Crippen LogP contribution in [0.25, 0.3) is 0 Å². The van der Waals surface area contributed by atoms with E-state index in [1.165, 1.54) is 11.1 Å². The molecule has 0 aromatic heterocycles. The van der Waals surface area contributed by atoms with E-state index in [9.17, 15) is 9.59 Å². The van der Waals surface area contributed by atoms with E-state index in [0.29, 0.717) is 32.6 Å². The summed E-state index contributed by atoms with van der Waals surface area (Å²) in [5.74, 6) is 0.282. The minimum absolute atomic E-state index is 0.0936. The first-order chi connectivity index (χ1) is 10.8. The molecule has 0 atom stereocenters. The van der Waals surface area contributed by atoms with Crippen LogP contribution in [-0.4, -0.2) is 47.8 Å². The van der Waals surface area contributed by atoms with Crippen LogP contribution in [0.15, 0.2) is 24.3 Å². The van der Waals surface area contributed by atoms with E-state index in [4.69, 9.17) is 0 Å². The predicted molar refractivity (Wildman–Crippen MR) is 92.3 cm³/mol. The van der Waals surface area contributed by atoms with Crippen molar-refractivity contribution < 1.29 is 9.59 Å². The molecule has 0 bridgehead atoms. The largest absolute Gasteiger partial charge is 0.339 e. The van der Waals surface area contributed by atoms with Gasteiger partial charge in [-0.05, 0) is 23.0 Å².